The fraction of sp³-hybridized carbons (Fsp3) is 0.429. The van der Waals surface area contributed by atoms with E-state index in [0.717, 1.165) is 31.2 Å². The normalized spacial score (nSPS) is 12.1. The Kier molecular flexibility index (Phi) is 7.40. The molecule has 1 aromatic rings. The molecule has 0 spiro atoms. The molecule has 0 aliphatic rings. The molecule has 5 heteroatoms. The van der Waals surface area contributed by atoms with Gasteiger partial charge in [-0.05, 0) is 24.5 Å². The number of aliphatic hydroxyl groups excluding tert-OH is 1. The monoisotopic (exact) mass is 283 g/mol. The summed E-state index contributed by atoms with van der Waals surface area (Å²) in [7, 11) is -3.35. The number of aliphatic hydroxyl groups is 1. The second-order valence-electron chi connectivity index (χ2n) is 4.29. The van der Waals surface area contributed by atoms with Crippen LogP contribution in [0.3, 0.4) is 0 Å². The van der Waals surface area contributed by atoms with Crippen LogP contribution in [0.1, 0.15) is 31.2 Å². The van der Waals surface area contributed by atoms with Crippen molar-refractivity contribution in [2.24, 2.45) is 0 Å². The average molecular weight is 283 g/mol. The SMILES string of the molecule is O=S(=O)(/C=C/c1ccccc1)NCCCCCCO. The van der Waals surface area contributed by atoms with Gasteiger partial charge in [-0.2, -0.15) is 0 Å². The Hall–Kier alpha value is -1.17. The molecule has 0 aliphatic carbocycles. The summed E-state index contributed by atoms with van der Waals surface area (Å²) in [6.07, 6.45) is 5.00. The van der Waals surface area contributed by atoms with Crippen molar-refractivity contribution in [2.45, 2.75) is 25.7 Å². The minimum Gasteiger partial charge on any atom is -0.396 e. The third kappa shape index (κ3) is 7.77. The lowest BCUT2D eigenvalue weighted by atomic mass is 10.2. The molecule has 0 fully saturated rings. The van der Waals surface area contributed by atoms with Crippen molar-refractivity contribution in [3.63, 3.8) is 0 Å². The predicted molar refractivity (Wildman–Crippen MR) is 78.0 cm³/mol. The first-order chi connectivity index (χ1) is 9.14. The van der Waals surface area contributed by atoms with Crippen LogP contribution in [-0.4, -0.2) is 26.7 Å². The van der Waals surface area contributed by atoms with Gasteiger partial charge >= 0.3 is 0 Å². The summed E-state index contributed by atoms with van der Waals surface area (Å²) in [5, 5.41) is 9.80. The first-order valence-electron chi connectivity index (χ1n) is 6.48. The van der Waals surface area contributed by atoms with Crippen LogP contribution < -0.4 is 4.72 Å². The van der Waals surface area contributed by atoms with E-state index >= 15 is 0 Å². The van der Waals surface area contributed by atoms with Gasteiger partial charge in [0.15, 0.2) is 0 Å². The van der Waals surface area contributed by atoms with E-state index in [1.165, 1.54) is 5.41 Å². The summed E-state index contributed by atoms with van der Waals surface area (Å²) in [4.78, 5) is 0. The van der Waals surface area contributed by atoms with E-state index in [4.69, 9.17) is 5.11 Å². The molecule has 106 valence electrons. The van der Waals surface area contributed by atoms with E-state index in [1.807, 2.05) is 30.3 Å². The van der Waals surface area contributed by atoms with Crippen LogP contribution in [0.2, 0.25) is 0 Å². The van der Waals surface area contributed by atoms with E-state index < -0.39 is 10.0 Å². The van der Waals surface area contributed by atoms with Gasteiger partial charge in [-0.25, -0.2) is 13.1 Å². The summed E-state index contributed by atoms with van der Waals surface area (Å²) >= 11 is 0. The Morgan fingerprint density at radius 3 is 2.42 bits per heavy atom. The fourth-order valence-electron chi connectivity index (χ4n) is 1.59. The number of sulfonamides is 1. The molecule has 2 N–H and O–H groups in total. The van der Waals surface area contributed by atoms with Crippen molar-refractivity contribution in [3.8, 4) is 0 Å². The zero-order valence-electron chi connectivity index (χ0n) is 11.0. The smallest absolute Gasteiger partial charge is 0.233 e. The van der Waals surface area contributed by atoms with Gasteiger partial charge in [0, 0.05) is 18.6 Å². The summed E-state index contributed by atoms with van der Waals surface area (Å²) in [5.74, 6) is 0. The van der Waals surface area contributed by atoms with Gasteiger partial charge in [0.1, 0.15) is 0 Å². The molecule has 1 rings (SSSR count). The molecule has 4 nitrogen and oxygen atoms in total. The molecular weight excluding hydrogens is 262 g/mol. The number of hydrogen-bond donors (Lipinski definition) is 2. The quantitative estimate of drug-likeness (QED) is 0.682. The highest BCUT2D eigenvalue weighted by Gasteiger charge is 2.03. The fourth-order valence-corrected chi connectivity index (χ4v) is 2.45. The number of rotatable bonds is 9. The molecule has 19 heavy (non-hydrogen) atoms. The summed E-state index contributed by atoms with van der Waals surface area (Å²) < 4.78 is 25.8. The Morgan fingerprint density at radius 2 is 1.74 bits per heavy atom. The standard InChI is InChI=1S/C14H21NO3S/c16-12-7-2-1-6-11-15-19(17,18)13-10-14-8-4-3-5-9-14/h3-5,8-10,13,15-16H,1-2,6-7,11-12H2/b13-10+. The maximum Gasteiger partial charge on any atom is 0.233 e. The van der Waals surface area contributed by atoms with Crippen LogP contribution in [0.25, 0.3) is 6.08 Å². The van der Waals surface area contributed by atoms with E-state index in [-0.39, 0.29) is 6.61 Å². The third-order valence-electron chi connectivity index (χ3n) is 2.63. The zero-order chi connectivity index (χ0) is 14.0. The molecule has 1 aromatic carbocycles. The van der Waals surface area contributed by atoms with E-state index in [0.29, 0.717) is 6.54 Å². The van der Waals surface area contributed by atoms with Crippen LogP contribution in [0.15, 0.2) is 35.7 Å². The maximum absolute atomic E-state index is 11.7. The van der Waals surface area contributed by atoms with Crippen molar-refractivity contribution >= 4 is 16.1 Å². The van der Waals surface area contributed by atoms with Crippen LogP contribution in [0, 0.1) is 0 Å². The first kappa shape index (κ1) is 15.9. The molecule has 0 aromatic heterocycles. The third-order valence-corrected chi connectivity index (χ3v) is 3.73. The number of hydrogen-bond acceptors (Lipinski definition) is 3. The Bertz CT molecular complexity index is 469. The van der Waals surface area contributed by atoms with Gasteiger partial charge in [0.05, 0.1) is 0 Å². The van der Waals surface area contributed by atoms with Crippen LogP contribution >= 0.6 is 0 Å². The summed E-state index contributed by atoms with van der Waals surface area (Å²) in [6, 6.07) is 9.31. The molecule has 0 unspecified atom stereocenters. The highest BCUT2D eigenvalue weighted by Crippen LogP contribution is 2.03. The highest BCUT2D eigenvalue weighted by molar-refractivity contribution is 7.92. The van der Waals surface area contributed by atoms with Gasteiger partial charge in [-0.3, -0.25) is 0 Å². The van der Waals surface area contributed by atoms with Crippen LogP contribution in [0.4, 0.5) is 0 Å². The predicted octanol–water partition coefficient (Wildman–Crippen LogP) is 2.13. The first-order valence-corrected chi connectivity index (χ1v) is 8.02. The molecule has 0 saturated heterocycles. The van der Waals surface area contributed by atoms with Gasteiger partial charge in [0.2, 0.25) is 10.0 Å². The van der Waals surface area contributed by atoms with Gasteiger partial charge in [0.25, 0.3) is 0 Å². The van der Waals surface area contributed by atoms with Crippen molar-refractivity contribution in [3.05, 3.63) is 41.3 Å². The van der Waals surface area contributed by atoms with E-state index in [2.05, 4.69) is 4.72 Å². The Labute approximate surface area is 115 Å². The minimum atomic E-state index is -3.35. The van der Waals surface area contributed by atoms with Crippen LogP contribution in [-0.2, 0) is 10.0 Å². The lowest BCUT2D eigenvalue weighted by molar-refractivity contribution is 0.282. The molecule has 0 radical (unpaired) electrons. The number of nitrogens with one attached hydrogen (secondary N) is 1. The zero-order valence-corrected chi connectivity index (χ0v) is 11.8. The van der Waals surface area contributed by atoms with Crippen molar-refractivity contribution in [1.29, 1.82) is 0 Å². The van der Waals surface area contributed by atoms with Gasteiger partial charge in [-0.1, -0.05) is 43.2 Å². The number of benzene rings is 1. The summed E-state index contributed by atoms with van der Waals surface area (Å²) in [6.45, 7) is 0.637. The largest absolute Gasteiger partial charge is 0.396 e. The van der Waals surface area contributed by atoms with Gasteiger partial charge < -0.3 is 5.11 Å². The summed E-state index contributed by atoms with van der Waals surface area (Å²) in [5.41, 5.74) is 0.857. The lowest BCUT2D eigenvalue weighted by Gasteiger charge is -2.02. The average Bonchev–Trinajstić information content (AvgIpc) is 2.42. The second-order valence-corrected chi connectivity index (χ2v) is 5.94. The molecule has 0 atom stereocenters. The molecule has 0 aliphatic heterocycles. The van der Waals surface area contributed by atoms with Crippen LogP contribution in [0.5, 0.6) is 0 Å². The van der Waals surface area contributed by atoms with E-state index in [9.17, 15) is 8.42 Å². The Balaban J connectivity index is 2.30. The molecule has 0 bridgehead atoms. The van der Waals surface area contributed by atoms with Crippen molar-refractivity contribution < 1.29 is 13.5 Å². The Morgan fingerprint density at radius 1 is 1.05 bits per heavy atom. The molecule has 0 heterocycles. The molecule has 0 amide bonds. The molecular formula is C14H21NO3S. The number of unbranched alkanes of at least 4 members (excludes halogenated alkanes) is 3. The topological polar surface area (TPSA) is 66.4 Å². The second kappa shape index (κ2) is 8.85. The highest BCUT2D eigenvalue weighted by atomic mass is 32.2. The van der Waals surface area contributed by atoms with Crippen molar-refractivity contribution in [2.75, 3.05) is 13.2 Å². The maximum atomic E-state index is 11.7. The van der Waals surface area contributed by atoms with Crippen molar-refractivity contribution in [1.82, 2.24) is 4.72 Å². The van der Waals surface area contributed by atoms with Gasteiger partial charge in [-0.15, -0.1) is 0 Å². The minimum absolute atomic E-state index is 0.200. The molecule has 0 saturated carbocycles. The van der Waals surface area contributed by atoms with E-state index in [1.54, 1.807) is 6.08 Å². The lowest BCUT2D eigenvalue weighted by Crippen LogP contribution is -2.22.